The molecule has 2 aromatic carbocycles. The van der Waals surface area contributed by atoms with Crippen molar-refractivity contribution in [3.63, 3.8) is 0 Å². The average molecular weight is 417 g/mol. The van der Waals surface area contributed by atoms with Gasteiger partial charge in [0.15, 0.2) is 11.0 Å². The number of aromatic nitrogens is 4. The summed E-state index contributed by atoms with van der Waals surface area (Å²) in [6, 6.07) is 16.2. The molecule has 8 heteroatoms. The van der Waals surface area contributed by atoms with E-state index in [1.807, 2.05) is 39.0 Å². The van der Waals surface area contributed by atoms with Gasteiger partial charge in [-0.3, -0.25) is 9.36 Å². The van der Waals surface area contributed by atoms with Gasteiger partial charge in [-0.25, -0.2) is 4.98 Å². The first-order chi connectivity index (χ1) is 14.4. The molecule has 0 radical (unpaired) electrons. The predicted molar refractivity (Wildman–Crippen MR) is 115 cm³/mol. The molecule has 0 unspecified atom stereocenters. The lowest BCUT2D eigenvalue weighted by atomic mass is 9.97. The lowest BCUT2D eigenvalue weighted by Gasteiger charge is -2.13. The summed E-state index contributed by atoms with van der Waals surface area (Å²) in [5.74, 6) is 1.51. The number of rotatable bonds is 4. The van der Waals surface area contributed by atoms with Crippen molar-refractivity contribution in [3.8, 4) is 11.8 Å². The molecule has 4 rings (SSSR count). The number of para-hydroxylation sites is 1. The number of fused-ring (bicyclic) bond motifs is 1. The first-order valence-electron chi connectivity index (χ1n) is 9.35. The van der Waals surface area contributed by atoms with Gasteiger partial charge in [-0.1, -0.05) is 49.8 Å². The molecule has 0 aliphatic carbocycles. The van der Waals surface area contributed by atoms with Gasteiger partial charge in [-0.2, -0.15) is 10.2 Å². The molecule has 30 heavy (non-hydrogen) atoms. The van der Waals surface area contributed by atoms with Crippen LogP contribution in [0.4, 0.5) is 0 Å². The fourth-order valence-electron chi connectivity index (χ4n) is 2.87. The Hall–Kier alpha value is -3.44. The number of hydrogen-bond acceptors (Lipinski definition) is 7. The first kappa shape index (κ1) is 19.9. The van der Waals surface area contributed by atoms with Gasteiger partial charge in [0.05, 0.1) is 34.0 Å². The van der Waals surface area contributed by atoms with Crippen LogP contribution in [0, 0.1) is 11.3 Å². The van der Waals surface area contributed by atoms with E-state index in [1.54, 1.807) is 34.9 Å². The molecule has 7 nitrogen and oxygen atoms in total. The summed E-state index contributed by atoms with van der Waals surface area (Å²) in [6.07, 6.45) is 0. The molecule has 150 valence electrons. The second-order valence-corrected chi connectivity index (χ2v) is 8.71. The molecule has 0 saturated carbocycles. The minimum Gasteiger partial charge on any atom is -0.339 e. The van der Waals surface area contributed by atoms with Gasteiger partial charge in [0.2, 0.25) is 5.89 Å². The summed E-state index contributed by atoms with van der Waals surface area (Å²) in [4.78, 5) is 22.4. The number of thioether (sulfide) groups is 1. The Kier molecular flexibility index (Phi) is 5.14. The summed E-state index contributed by atoms with van der Waals surface area (Å²) in [7, 11) is 0. The maximum absolute atomic E-state index is 13.2. The predicted octanol–water partition coefficient (Wildman–Crippen LogP) is 4.23. The van der Waals surface area contributed by atoms with Crippen LogP contribution in [-0.4, -0.2) is 19.7 Å². The number of nitriles is 1. The smallest absolute Gasteiger partial charge is 0.266 e. The number of hydrogen-bond donors (Lipinski definition) is 0. The fourth-order valence-corrected chi connectivity index (χ4v) is 3.72. The molecule has 0 saturated heterocycles. The van der Waals surface area contributed by atoms with Crippen molar-refractivity contribution in [2.45, 2.75) is 37.1 Å². The maximum atomic E-state index is 13.2. The van der Waals surface area contributed by atoms with Crippen LogP contribution in [0.15, 0.2) is 63.0 Å². The summed E-state index contributed by atoms with van der Waals surface area (Å²) < 4.78 is 6.91. The van der Waals surface area contributed by atoms with Crippen molar-refractivity contribution in [2.24, 2.45) is 0 Å². The van der Waals surface area contributed by atoms with Crippen LogP contribution < -0.4 is 5.56 Å². The highest BCUT2D eigenvalue weighted by Gasteiger charge is 2.22. The zero-order chi connectivity index (χ0) is 21.3. The van der Waals surface area contributed by atoms with E-state index in [2.05, 4.69) is 16.2 Å². The molecule has 0 aliphatic heterocycles. The van der Waals surface area contributed by atoms with E-state index in [9.17, 15) is 4.79 Å². The number of benzene rings is 2. The monoisotopic (exact) mass is 417 g/mol. The maximum Gasteiger partial charge on any atom is 0.266 e. The molecular weight excluding hydrogens is 398 g/mol. The highest BCUT2D eigenvalue weighted by atomic mass is 32.2. The Bertz CT molecular complexity index is 1310. The highest BCUT2D eigenvalue weighted by Crippen LogP contribution is 2.26. The first-order valence-corrected chi connectivity index (χ1v) is 10.3. The topological polar surface area (TPSA) is 97.6 Å². The largest absolute Gasteiger partial charge is 0.339 e. The second kappa shape index (κ2) is 7.76. The van der Waals surface area contributed by atoms with Gasteiger partial charge in [-0.15, -0.1) is 0 Å². The van der Waals surface area contributed by atoms with Crippen molar-refractivity contribution < 1.29 is 4.52 Å². The minimum atomic E-state index is -0.234. The van der Waals surface area contributed by atoms with Crippen molar-refractivity contribution in [2.75, 3.05) is 0 Å². The molecule has 0 spiro atoms. The van der Waals surface area contributed by atoms with Crippen molar-refractivity contribution in [1.29, 1.82) is 5.26 Å². The van der Waals surface area contributed by atoms with E-state index in [4.69, 9.17) is 14.8 Å². The normalized spacial score (nSPS) is 11.5. The van der Waals surface area contributed by atoms with E-state index >= 15 is 0 Å². The average Bonchev–Trinajstić information content (AvgIpc) is 3.22. The summed E-state index contributed by atoms with van der Waals surface area (Å²) in [5, 5.41) is 14.2. The van der Waals surface area contributed by atoms with Crippen LogP contribution in [-0.2, 0) is 11.2 Å². The fraction of sp³-hybridized carbons (Fsp3) is 0.227. The Labute approximate surface area is 177 Å². The van der Waals surface area contributed by atoms with Crippen LogP contribution in [0.2, 0.25) is 0 Å². The van der Waals surface area contributed by atoms with Crippen LogP contribution in [0.5, 0.6) is 0 Å². The molecule has 0 atom stereocenters. The van der Waals surface area contributed by atoms with Crippen LogP contribution in [0.1, 0.15) is 38.0 Å². The summed E-state index contributed by atoms with van der Waals surface area (Å²) >= 11 is 1.36. The van der Waals surface area contributed by atoms with Gasteiger partial charge >= 0.3 is 0 Å². The molecule has 2 heterocycles. The SMILES string of the molecule is CC(C)(C)c1nc(CSc2nc3ccccc3c(=O)n2-c2ccc(C#N)cc2)no1. The minimum absolute atomic E-state index is 0.170. The number of nitrogens with zero attached hydrogens (tertiary/aromatic N) is 5. The molecule has 0 amide bonds. The van der Waals surface area contributed by atoms with E-state index in [1.165, 1.54) is 11.8 Å². The molecule has 2 aromatic heterocycles. The third kappa shape index (κ3) is 3.84. The van der Waals surface area contributed by atoms with Gasteiger partial charge in [0.1, 0.15) is 0 Å². The third-order valence-electron chi connectivity index (χ3n) is 4.44. The molecule has 0 fully saturated rings. The lowest BCUT2D eigenvalue weighted by molar-refractivity contribution is 0.319. The molecule has 0 N–H and O–H groups in total. The summed E-state index contributed by atoms with van der Waals surface area (Å²) in [6.45, 7) is 6.01. The zero-order valence-electron chi connectivity index (χ0n) is 16.8. The van der Waals surface area contributed by atoms with Crippen molar-refractivity contribution in [3.05, 3.63) is 76.2 Å². The Balaban J connectivity index is 1.76. The van der Waals surface area contributed by atoms with E-state index in [0.29, 0.717) is 44.8 Å². The molecule has 0 aliphatic rings. The highest BCUT2D eigenvalue weighted by molar-refractivity contribution is 7.98. The van der Waals surface area contributed by atoms with Gasteiger partial charge in [0.25, 0.3) is 5.56 Å². The lowest BCUT2D eigenvalue weighted by Crippen LogP contribution is -2.21. The van der Waals surface area contributed by atoms with Crippen LogP contribution in [0.25, 0.3) is 16.6 Å². The molecule has 0 bridgehead atoms. The Morgan fingerprint density at radius 1 is 1.10 bits per heavy atom. The van der Waals surface area contributed by atoms with Crippen molar-refractivity contribution >= 4 is 22.7 Å². The summed E-state index contributed by atoms with van der Waals surface area (Å²) in [5.41, 5.74) is 1.39. The standard InChI is InChI=1S/C22H19N5O2S/c1-22(2,3)20-25-18(26-29-20)13-30-21-24-17-7-5-4-6-16(17)19(28)27(21)15-10-8-14(12-23)9-11-15/h4-11H,13H2,1-3H3. The molecular formula is C22H19N5O2S. The van der Waals surface area contributed by atoms with Gasteiger partial charge < -0.3 is 4.52 Å². The molecule has 4 aromatic rings. The van der Waals surface area contributed by atoms with E-state index in [-0.39, 0.29) is 11.0 Å². The third-order valence-corrected chi connectivity index (χ3v) is 5.37. The quantitative estimate of drug-likeness (QED) is 0.362. The van der Waals surface area contributed by atoms with Crippen LogP contribution >= 0.6 is 11.8 Å². The Morgan fingerprint density at radius 2 is 1.83 bits per heavy atom. The van der Waals surface area contributed by atoms with E-state index < -0.39 is 0 Å². The Morgan fingerprint density at radius 3 is 2.50 bits per heavy atom. The van der Waals surface area contributed by atoms with Gasteiger partial charge in [-0.05, 0) is 36.4 Å². The zero-order valence-corrected chi connectivity index (χ0v) is 17.6. The van der Waals surface area contributed by atoms with Crippen LogP contribution in [0.3, 0.4) is 0 Å². The van der Waals surface area contributed by atoms with Crippen molar-refractivity contribution in [1.82, 2.24) is 19.7 Å². The second-order valence-electron chi connectivity index (χ2n) is 7.77. The van der Waals surface area contributed by atoms with Gasteiger partial charge in [0, 0.05) is 5.41 Å². The van der Waals surface area contributed by atoms with E-state index in [0.717, 1.165) is 0 Å².